The zero-order valence-corrected chi connectivity index (χ0v) is 34.9. The van der Waals surface area contributed by atoms with Gasteiger partial charge in [-0.3, -0.25) is 0 Å². The maximum absolute atomic E-state index is 5.20. The fraction of sp³-hybridized carbons (Fsp3) is 0.146. The largest absolute Gasteiger partial charge is 0.319 e. The van der Waals surface area contributed by atoms with Crippen molar-refractivity contribution < 1.29 is 26.0 Å². The molecule has 0 aliphatic carbocycles. The van der Waals surface area contributed by atoms with Gasteiger partial charge in [0.15, 0.2) is 0 Å². The first-order valence-corrected chi connectivity index (χ1v) is 20.7. The van der Waals surface area contributed by atoms with Gasteiger partial charge in [0, 0.05) is 38.5 Å². The molecule has 3 heterocycles. The van der Waals surface area contributed by atoms with Gasteiger partial charge in [-0.15, -0.1) is 21.6 Å². The van der Waals surface area contributed by atoms with Crippen LogP contribution >= 0.6 is 0 Å². The van der Waals surface area contributed by atoms with Gasteiger partial charge in [0.1, 0.15) is 30.8 Å². The minimum Gasteiger partial charge on any atom is -0.319 e. The Hall–Kier alpha value is -5.26. The van der Waals surface area contributed by atoms with E-state index in [2.05, 4.69) is 213 Å². The quantitative estimate of drug-likeness (QED) is 0.0695. The number of benzene rings is 6. The van der Waals surface area contributed by atoms with Crippen LogP contribution in [0.25, 0.3) is 27.6 Å². The van der Waals surface area contributed by atoms with Crippen LogP contribution in [0.5, 0.6) is 0 Å². The van der Waals surface area contributed by atoms with Crippen molar-refractivity contribution in [2.45, 2.75) is 46.1 Å². The molecule has 2 aromatic heterocycles. The molecular formula is C48H43N4OPtSi-. The second kappa shape index (κ2) is 14.4. The molecule has 0 bridgehead atoms. The Morgan fingerprint density at radius 2 is 1.27 bits per heavy atom. The molecule has 0 saturated carbocycles. The third kappa shape index (κ3) is 6.13. The summed E-state index contributed by atoms with van der Waals surface area (Å²) in [5.74, 6) is 1.28. The number of hydrogen-bond donors (Lipinski definition) is 0. The number of hydroxylamine groups is 1. The van der Waals surface area contributed by atoms with Crippen LogP contribution in [-0.2, 0) is 21.1 Å². The summed E-state index contributed by atoms with van der Waals surface area (Å²) in [6.45, 7) is 11.0. The van der Waals surface area contributed by atoms with Crippen molar-refractivity contribution in [3.05, 3.63) is 176 Å². The van der Waals surface area contributed by atoms with E-state index in [9.17, 15) is 0 Å². The van der Waals surface area contributed by atoms with Gasteiger partial charge in [0.2, 0.25) is 0 Å². The Bertz CT molecular complexity index is 2590. The fourth-order valence-corrected chi connectivity index (χ4v) is 12.6. The Kier molecular flexibility index (Phi) is 9.63. The van der Waals surface area contributed by atoms with Crippen LogP contribution in [-0.4, -0.2) is 28.1 Å². The van der Waals surface area contributed by atoms with Crippen LogP contribution in [0, 0.1) is 12.1 Å². The predicted molar refractivity (Wildman–Crippen MR) is 227 cm³/mol. The molecule has 0 saturated heterocycles. The maximum Gasteiger partial charge on any atom is 0.145 e. The SMILES string of the molecule is CC(C)c1ccnc(-n2c3[c-]c([Si](c4[c-]c(N5[OH+]N(C(C)(C)C)c6ccccc65)ccc4)(c4ccccc4)c4ccccc4)ccc3c3ccccc32)c1.[Pt]. The number of anilines is 3. The minimum absolute atomic E-state index is 0. The molecule has 1 N–H and O–H groups in total. The minimum atomic E-state index is -3.07. The number of pyridine rings is 1. The summed E-state index contributed by atoms with van der Waals surface area (Å²) in [6, 6.07) is 62.8. The molecule has 1 aliphatic rings. The third-order valence-corrected chi connectivity index (χ3v) is 15.2. The standard InChI is InChI=1S/C48H42N4OSi.Pt/c1-34(2)35-29-30-49-47(31-35)50-43-24-13-12-23-41(43)42-28-27-40(33-46(42)50)54(37-18-8-6-9-19-37,38-20-10-7-11-21-38)39-22-16-17-36(32-39)51-44-25-14-15-26-45(44)52(53-51)48(3,4)5;/h6-31,34H,1-5H3;/q-2;/p+1. The number of para-hydroxylation sites is 3. The second-order valence-corrected chi connectivity index (χ2v) is 19.1. The molecule has 5 nitrogen and oxygen atoms in total. The number of fused-ring (bicyclic) bond motifs is 4. The molecule has 0 radical (unpaired) electrons. The van der Waals surface area contributed by atoms with Gasteiger partial charge in [0.25, 0.3) is 0 Å². The molecule has 276 valence electrons. The van der Waals surface area contributed by atoms with Gasteiger partial charge < -0.3 is 4.57 Å². The number of nitrogens with zero attached hydrogens (tertiary/aromatic N) is 4. The van der Waals surface area contributed by atoms with Crippen molar-refractivity contribution in [3.8, 4) is 5.82 Å². The zero-order valence-electron chi connectivity index (χ0n) is 31.6. The van der Waals surface area contributed by atoms with Gasteiger partial charge in [-0.2, -0.15) is 51.7 Å². The Morgan fingerprint density at radius 3 is 1.96 bits per heavy atom. The van der Waals surface area contributed by atoms with Crippen LogP contribution in [0.4, 0.5) is 17.1 Å². The van der Waals surface area contributed by atoms with E-state index >= 15 is 0 Å². The molecule has 0 fully saturated rings. The fourth-order valence-electron chi connectivity index (χ4n) is 8.06. The summed E-state index contributed by atoms with van der Waals surface area (Å²) in [7, 11) is -3.07. The van der Waals surface area contributed by atoms with Gasteiger partial charge >= 0.3 is 0 Å². The Morgan fingerprint density at radius 1 is 0.636 bits per heavy atom. The molecule has 6 aromatic carbocycles. The smallest absolute Gasteiger partial charge is 0.145 e. The molecule has 8 aromatic rings. The van der Waals surface area contributed by atoms with Crippen molar-refractivity contribution in [2.24, 2.45) is 0 Å². The number of hydrogen-bond acceptors (Lipinski definition) is 3. The summed E-state index contributed by atoms with van der Waals surface area (Å²) in [5, 5.41) is 11.3. The van der Waals surface area contributed by atoms with Gasteiger partial charge in [0.05, 0.1) is 0 Å². The molecule has 0 spiro atoms. The maximum atomic E-state index is 5.20. The van der Waals surface area contributed by atoms with Crippen molar-refractivity contribution in [1.29, 1.82) is 0 Å². The Balaban J connectivity index is 0.00000427. The van der Waals surface area contributed by atoms with Crippen LogP contribution in [0.3, 0.4) is 0 Å². The van der Waals surface area contributed by atoms with E-state index in [0.717, 1.165) is 49.7 Å². The normalized spacial score (nSPS) is 13.1. The number of rotatable bonds is 7. The topological polar surface area (TPSA) is 37.1 Å². The molecule has 0 amide bonds. The van der Waals surface area contributed by atoms with E-state index in [0.29, 0.717) is 5.92 Å². The molecule has 7 heteroatoms. The van der Waals surface area contributed by atoms with E-state index in [1.807, 2.05) is 6.20 Å². The first-order chi connectivity index (χ1) is 26.2. The van der Waals surface area contributed by atoms with Crippen LogP contribution in [0.15, 0.2) is 158 Å². The van der Waals surface area contributed by atoms with Crippen LogP contribution in [0.2, 0.25) is 0 Å². The average molecular weight is 915 g/mol. The summed E-state index contributed by atoms with van der Waals surface area (Å²) in [5.41, 5.74) is 6.21. The van der Waals surface area contributed by atoms with Crippen LogP contribution < -0.4 is 30.9 Å². The van der Waals surface area contributed by atoms with E-state index in [4.69, 9.17) is 9.92 Å². The van der Waals surface area contributed by atoms with E-state index in [-0.39, 0.29) is 26.6 Å². The van der Waals surface area contributed by atoms with Crippen molar-refractivity contribution in [1.82, 2.24) is 9.55 Å². The van der Waals surface area contributed by atoms with Crippen molar-refractivity contribution >= 4 is 67.7 Å². The van der Waals surface area contributed by atoms with Gasteiger partial charge in [-0.25, -0.2) is 4.98 Å². The van der Waals surface area contributed by atoms with Gasteiger partial charge in [-0.1, -0.05) is 110 Å². The molecule has 9 rings (SSSR count). The summed E-state index contributed by atoms with van der Waals surface area (Å²) >= 11 is 0. The van der Waals surface area contributed by atoms with Crippen molar-refractivity contribution in [2.75, 3.05) is 10.1 Å². The molecule has 0 atom stereocenters. The summed E-state index contributed by atoms with van der Waals surface area (Å²) in [6.07, 6.45) is 1.94. The molecule has 0 unspecified atom stereocenters. The zero-order chi connectivity index (χ0) is 37.0. The monoisotopic (exact) mass is 914 g/mol. The van der Waals surface area contributed by atoms with E-state index < -0.39 is 8.07 Å². The van der Waals surface area contributed by atoms with E-state index in [1.54, 1.807) is 0 Å². The number of aromatic nitrogens is 2. The summed E-state index contributed by atoms with van der Waals surface area (Å²) < 4.78 is 2.30. The second-order valence-electron chi connectivity index (χ2n) is 15.4. The third-order valence-electron chi connectivity index (χ3n) is 10.6. The first kappa shape index (κ1) is 36.7. The molecule has 1 aliphatic heterocycles. The summed E-state index contributed by atoms with van der Waals surface area (Å²) in [4.78, 5) is 10.2. The average Bonchev–Trinajstić information content (AvgIpc) is 3.76. The van der Waals surface area contributed by atoms with Gasteiger partial charge in [-0.05, 0) is 78.3 Å². The molecular weight excluding hydrogens is 872 g/mol. The predicted octanol–water partition coefficient (Wildman–Crippen LogP) is 8.87. The van der Waals surface area contributed by atoms with Crippen molar-refractivity contribution in [3.63, 3.8) is 0 Å². The Labute approximate surface area is 339 Å². The molecule has 55 heavy (non-hydrogen) atoms. The van der Waals surface area contributed by atoms with E-state index in [1.165, 1.54) is 21.3 Å². The van der Waals surface area contributed by atoms with Crippen LogP contribution in [0.1, 0.15) is 46.1 Å². The first-order valence-electron chi connectivity index (χ1n) is 18.7.